The van der Waals surface area contributed by atoms with E-state index in [1.165, 1.54) is 5.75 Å². The molecule has 1 aliphatic rings. The largest absolute Gasteiger partial charge is 0.389 e. The maximum atomic E-state index is 9.76. The number of ether oxygens (including phenoxy) is 1. The summed E-state index contributed by atoms with van der Waals surface area (Å²) in [6, 6.07) is 0. The van der Waals surface area contributed by atoms with Gasteiger partial charge in [0.1, 0.15) is 0 Å². The number of hydrogen-bond donors (Lipinski definition) is 1. The molecule has 0 bridgehead atoms. The highest BCUT2D eigenvalue weighted by Crippen LogP contribution is 2.17. The van der Waals surface area contributed by atoms with E-state index in [1.54, 1.807) is 0 Å². The van der Waals surface area contributed by atoms with Crippen LogP contribution in [0.1, 0.15) is 20.8 Å². The Morgan fingerprint density at radius 2 is 2.27 bits per heavy atom. The summed E-state index contributed by atoms with van der Waals surface area (Å²) in [6.07, 6.45) is -0.141. The van der Waals surface area contributed by atoms with Crippen molar-refractivity contribution in [3.05, 3.63) is 0 Å². The van der Waals surface area contributed by atoms with Crippen molar-refractivity contribution in [3.63, 3.8) is 0 Å². The minimum Gasteiger partial charge on any atom is -0.389 e. The molecule has 0 aliphatic carbocycles. The van der Waals surface area contributed by atoms with Crippen LogP contribution in [-0.2, 0) is 4.74 Å². The predicted molar refractivity (Wildman–Crippen MR) is 65.5 cm³/mol. The maximum absolute atomic E-state index is 9.76. The molecule has 1 saturated heterocycles. The van der Waals surface area contributed by atoms with Gasteiger partial charge in [0.2, 0.25) is 0 Å². The zero-order chi connectivity index (χ0) is 11.3. The van der Waals surface area contributed by atoms with Crippen molar-refractivity contribution < 1.29 is 9.84 Å². The van der Waals surface area contributed by atoms with Crippen molar-refractivity contribution in [1.82, 2.24) is 4.90 Å². The Morgan fingerprint density at radius 3 is 2.87 bits per heavy atom. The van der Waals surface area contributed by atoms with Gasteiger partial charge in [-0.3, -0.25) is 4.90 Å². The van der Waals surface area contributed by atoms with Gasteiger partial charge in [0.05, 0.1) is 18.8 Å². The highest BCUT2D eigenvalue weighted by atomic mass is 32.2. The van der Waals surface area contributed by atoms with Crippen LogP contribution < -0.4 is 0 Å². The van der Waals surface area contributed by atoms with E-state index in [1.807, 2.05) is 25.6 Å². The molecule has 15 heavy (non-hydrogen) atoms. The van der Waals surface area contributed by atoms with E-state index >= 15 is 0 Å². The Bertz CT molecular complexity index is 178. The van der Waals surface area contributed by atoms with Crippen molar-refractivity contribution in [1.29, 1.82) is 0 Å². The molecule has 1 N–H and O–H groups in total. The van der Waals surface area contributed by atoms with Crippen molar-refractivity contribution >= 4 is 11.8 Å². The van der Waals surface area contributed by atoms with Crippen LogP contribution in [0.5, 0.6) is 0 Å². The number of aliphatic hydroxyl groups is 1. The Morgan fingerprint density at radius 1 is 1.53 bits per heavy atom. The van der Waals surface area contributed by atoms with Gasteiger partial charge >= 0.3 is 0 Å². The van der Waals surface area contributed by atoms with Gasteiger partial charge in [-0.1, -0.05) is 6.92 Å². The first-order valence-corrected chi connectivity index (χ1v) is 6.76. The molecule has 2 unspecified atom stereocenters. The second-order valence-corrected chi connectivity index (χ2v) is 6.02. The number of β-amino-alcohol motifs (C(OH)–C–C–N with tert-alkyl or cyclic N) is 1. The second-order valence-electron chi connectivity index (χ2n) is 4.48. The smallest absolute Gasteiger partial charge is 0.0900 e. The highest BCUT2D eigenvalue weighted by Gasteiger charge is 2.19. The topological polar surface area (TPSA) is 32.7 Å². The van der Waals surface area contributed by atoms with Gasteiger partial charge in [-0.15, -0.1) is 0 Å². The molecule has 0 radical (unpaired) electrons. The molecule has 1 fully saturated rings. The van der Waals surface area contributed by atoms with E-state index in [0.29, 0.717) is 11.9 Å². The molecule has 1 aliphatic heterocycles. The fraction of sp³-hybridized carbons (Fsp3) is 1.00. The second kappa shape index (κ2) is 6.74. The predicted octanol–water partition coefficient (Wildman–Crippen LogP) is 1.21. The summed E-state index contributed by atoms with van der Waals surface area (Å²) in [6.45, 7) is 9.61. The molecular formula is C11H23NO2S. The summed E-state index contributed by atoms with van der Waals surface area (Å²) in [7, 11) is 0. The van der Waals surface area contributed by atoms with Crippen LogP contribution in [0.3, 0.4) is 0 Å². The summed E-state index contributed by atoms with van der Waals surface area (Å²) in [5, 5.41) is 10.5. The first-order chi connectivity index (χ1) is 7.08. The Hall–Kier alpha value is 0.230. The lowest BCUT2D eigenvalue weighted by atomic mass is 10.3. The molecule has 0 aromatic heterocycles. The third kappa shape index (κ3) is 5.76. The van der Waals surface area contributed by atoms with E-state index in [4.69, 9.17) is 4.74 Å². The van der Waals surface area contributed by atoms with E-state index in [-0.39, 0.29) is 12.2 Å². The highest BCUT2D eigenvalue weighted by molar-refractivity contribution is 7.99. The van der Waals surface area contributed by atoms with Gasteiger partial charge in [-0.2, -0.15) is 11.8 Å². The lowest BCUT2D eigenvalue weighted by molar-refractivity contribution is -0.00792. The molecule has 0 saturated carbocycles. The van der Waals surface area contributed by atoms with Gasteiger partial charge in [-0.25, -0.2) is 0 Å². The zero-order valence-corrected chi connectivity index (χ0v) is 10.8. The molecule has 4 heteroatoms. The van der Waals surface area contributed by atoms with Crippen molar-refractivity contribution in [2.75, 3.05) is 32.0 Å². The fourth-order valence-corrected chi connectivity index (χ4v) is 2.79. The third-order valence-electron chi connectivity index (χ3n) is 2.42. The van der Waals surface area contributed by atoms with Crippen molar-refractivity contribution in [2.24, 2.45) is 0 Å². The quantitative estimate of drug-likeness (QED) is 0.774. The summed E-state index contributed by atoms with van der Waals surface area (Å²) in [5.74, 6) is 1.18. The first-order valence-electron chi connectivity index (χ1n) is 5.71. The molecule has 90 valence electrons. The number of hydrogen-bond acceptors (Lipinski definition) is 4. The Labute approximate surface area is 97.2 Å². The number of thioether (sulfide) groups is 1. The van der Waals surface area contributed by atoms with Gasteiger partial charge in [-0.05, 0) is 13.8 Å². The van der Waals surface area contributed by atoms with Crippen LogP contribution in [0, 0.1) is 0 Å². The Balaban J connectivity index is 2.16. The SMILES string of the molecule is CC(C)OCC(O)CN1CCSC(C)C1. The standard InChI is InChI=1S/C11H23NO2S/c1-9(2)14-8-11(13)7-12-4-5-15-10(3)6-12/h9-11,13H,4-8H2,1-3H3. The lowest BCUT2D eigenvalue weighted by Gasteiger charge is -2.31. The molecule has 1 rings (SSSR count). The normalized spacial score (nSPS) is 25.8. The van der Waals surface area contributed by atoms with Crippen LogP contribution in [-0.4, -0.2) is 59.5 Å². The zero-order valence-electron chi connectivity index (χ0n) is 9.98. The van der Waals surface area contributed by atoms with Crippen molar-refractivity contribution in [2.45, 2.75) is 38.2 Å². The molecule has 2 atom stereocenters. The molecular weight excluding hydrogens is 210 g/mol. The van der Waals surface area contributed by atoms with E-state index < -0.39 is 0 Å². The monoisotopic (exact) mass is 233 g/mol. The van der Waals surface area contributed by atoms with Crippen LogP contribution in [0.4, 0.5) is 0 Å². The van der Waals surface area contributed by atoms with E-state index in [2.05, 4.69) is 11.8 Å². The number of aliphatic hydroxyl groups excluding tert-OH is 1. The van der Waals surface area contributed by atoms with Gasteiger partial charge in [0.25, 0.3) is 0 Å². The summed E-state index contributed by atoms with van der Waals surface area (Å²) in [4.78, 5) is 2.33. The number of rotatable bonds is 5. The first kappa shape index (κ1) is 13.3. The molecule has 0 aromatic carbocycles. The summed E-state index contributed by atoms with van der Waals surface area (Å²) < 4.78 is 5.39. The maximum Gasteiger partial charge on any atom is 0.0900 e. The lowest BCUT2D eigenvalue weighted by Crippen LogP contribution is -2.42. The molecule has 0 aromatic rings. The van der Waals surface area contributed by atoms with Crippen LogP contribution in [0.25, 0.3) is 0 Å². The molecule has 1 heterocycles. The van der Waals surface area contributed by atoms with Crippen molar-refractivity contribution in [3.8, 4) is 0 Å². The van der Waals surface area contributed by atoms with E-state index in [0.717, 1.165) is 19.6 Å². The molecule has 3 nitrogen and oxygen atoms in total. The fourth-order valence-electron chi connectivity index (χ4n) is 1.71. The molecule has 0 spiro atoms. The van der Waals surface area contributed by atoms with Gasteiger partial charge in [0.15, 0.2) is 0 Å². The van der Waals surface area contributed by atoms with E-state index in [9.17, 15) is 5.11 Å². The minimum atomic E-state index is -0.345. The minimum absolute atomic E-state index is 0.204. The van der Waals surface area contributed by atoms with Crippen LogP contribution >= 0.6 is 11.8 Å². The van der Waals surface area contributed by atoms with Crippen LogP contribution in [0.2, 0.25) is 0 Å². The average Bonchev–Trinajstić information content (AvgIpc) is 2.15. The average molecular weight is 233 g/mol. The number of nitrogens with zero attached hydrogens (tertiary/aromatic N) is 1. The van der Waals surface area contributed by atoms with Gasteiger partial charge in [0, 0.05) is 30.6 Å². The third-order valence-corrected chi connectivity index (χ3v) is 3.55. The summed E-state index contributed by atoms with van der Waals surface area (Å²) >= 11 is 2.01. The van der Waals surface area contributed by atoms with Crippen LogP contribution in [0.15, 0.2) is 0 Å². The molecule has 0 amide bonds. The summed E-state index contributed by atoms with van der Waals surface area (Å²) in [5.41, 5.74) is 0. The van der Waals surface area contributed by atoms with Gasteiger partial charge < -0.3 is 9.84 Å². The Kier molecular flexibility index (Phi) is 5.97.